The zero-order valence-corrected chi connectivity index (χ0v) is 11.9. The van der Waals surface area contributed by atoms with Crippen molar-refractivity contribution in [1.82, 2.24) is 15.3 Å². The molecule has 0 radical (unpaired) electrons. The zero-order valence-electron chi connectivity index (χ0n) is 11.9. The first-order valence-electron chi connectivity index (χ1n) is 6.17. The molecule has 7 nitrogen and oxygen atoms in total. The van der Waals surface area contributed by atoms with Gasteiger partial charge in [-0.2, -0.15) is 4.98 Å². The van der Waals surface area contributed by atoms with Gasteiger partial charge in [-0.25, -0.2) is 10.8 Å². The van der Waals surface area contributed by atoms with Gasteiger partial charge in [-0.05, 0) is 27.7 Å². The fourth-order valence-corrected chi connectivity index (χ4v) is 1.47. The van der Waals surface area contributed by atoms with Crippen molar-refractivity contribution in [1.29, 1.82) is 0 Å². The third-order valence-corrected chi connectivity index (χ3v) is 2.26. The van der Waals surface area contributed by atoms with Crippen molar-refractivity contribution in [2.75, 3.05) is 17.3 Å². The quantitative estimate of drug-likeness (QED) is 0.464. The smallest absolute Gasteiger partial charge is 0.239 e. The van der Waals surface area contributed by atoms with E-state index < -0.39 is 0 Å². The van der Waals surface area contributed by atoms with Crippen LogP contribution in [0.1, 0.15) is 32.8 Å². The lowest BCUT2D eigenvalue weighted by Crippen LogP contribution is -2.41. The maximum atomic E-state index is 11.6. The number of amides is 1. The molecule has 1 rings (SSSR count). The summed E-state index contributed by atoms with van der Waals surface area (Å²) >= 11 is 0. The number of hydrogen-bond acceptors (Lipinski definition) is 6. The summed E-state index contributed by atoms with van der Waals surface area (Å²) in [6.45, 7) is 8.24. The maximum Gasteiger partial charge on any atom is 0.239 e. The number of anilines is 2. The van der Waals surface area contributed by atoms with E-state index in [0.717, 1.165) is 5.56 Å². The molecule has 106 valence electrons. The van der Waals surface area contributed by atoms with Gasteiger partial charge in [-0.15, -0.1) is 0 Å². The van der Waals surface area contributed by atoms with Crippen molar-refractivity contribution >= 4 is 17.7 Å². The number of hydrogen-bond donors (Lipinski definition) is 4. The van der Waals surface area contributed by atoms with Crippen molar-refractivity contribution in [3.8, 4) is 0 Å². The first-order valence-corrected chi connectivity index (χ1v) is 6.17. The monoisotopic (exact) mass is 266 g/mol. The summed E-state index contributed by atoms with van der Waals surface area (Å²) in [4.78, 5) is 19.8. The predicted molar refractivity (Wildman–Crippen MR) is 75.6 cm³/mol. The highest BCUT2D eigenvalue weighted by atomic mass is 16.1. The third kappa shape index (κ3) is 5.52. The largest absolute Gasteiger partial charge is 0.369 e. The second-order valence-electron chi connectivity index (χ2n) is 5.34. The molecule has 0 bridgehead atoms. The summed E-state index contributed by atoms with van der Waals surface area (Å²) in [6, 6.07) is 0. The lowest BCUT2D eigenvalue weighted by atomic mass is 10.1. The fourth-order valence-electron chi connectivity index (χ4n) is 1.47. The van der Waals surface area contributed by atoms with E-state index in [1.807, 2.05) is 27.7 Å². The molecule has 0 aliphatic heterocycles. The van der Waals surface area contributed by atoms with Crippen LogP contribution in [0.3, 0.4) is 0 Å². The minimum Gasteiger partial charge on any atom is -0.369 e. The lowest BCUT2D eigenvalue weighted by Gasteiger charge is -2.20. The van der Waals surface area contributed by atoms with Gasteiger partial charge in [0.05, 0.1) is 0 Å². The average Bonchev–Trinajstić information content (AvgIpc) is 2.29. The summed E-state index contributed by atoms with van der Waals surface area (Å²) in [5.74, 6) is 6.26. The predicted octanol–water partition coefficient (Wildman–Crippen LogP) is 0.787. The summed E-state index contributed by atoms with van der Waals surface area (Å²) in [5.41, 5.74) is 3.07. The molecule has 19 heavy (non-hydrogen) atoms. The molecule has 0 aliphatic carbocycles. The number of nitrogens with zero attached hydrogens (tertiary/aromatic N) is 2. The van der Waals surface area contributed by atoms with Crippen LogP contribution in [0.5, 0.6) is 0 Å². The second-order valence-corrected chi connectivity index (χ2v) is 5.34. The summed E-state index contributed by atoms with van der Waals surface area (Å²) < 4.78 is 0. The van der Waals surface area contributed by atoms with Crippen LogP contribution in [0.15, 0.2) is 6.20 Å². The molecule has 1 heterocycles. The molecule has 1 amide bonds. The van der Waals surface area contributed by atoms with E-state index in [4.69, 9.17) is 5.84 Å². The molecule has 1 aromatic rings. The van der Waals surface area contributed by atoms with E-state index in [2.05, 4.69) is 26.0 Å². The van der Waals surface area contributed by atoms with Crippen LogP contribution in [-0.2, 0) is 4.79 Å². The van der Waals surface area contributed by atoms with E-state index in [-0.39, 0.29) is 11.4 Å². The Bertz CT molecular complexity index is 440. The van der Waals surface area contributed by atoms with Crippen molar-refractivity contribution in [3.63, 3.8) is 0 Å². The van der Waals surface area contributed by atoms with Crippen LogP contribution in [0.4, 0.5) is 11.8 Å². The van der Waals surface area contributed by atoms with Gasteiger partial charge in [0.25, 0.3) is 0 Å². The molecule has 0 saturated carbocycles. The molecular formula is C12H22N6O. The Balaban J connectivity index is 2.47. The van der Waals surface area contributed by atoms with E-state index in [1.165, 1.54) is 0 Å². The normalized spacial score (nSPS) is 11.0. The van der Waals surface area contributed by atoms with Crippen LogP contribution < -0.4 is 21.9 Å². The molecule has 0 fully saturated rings. The number of carbonyl (C=O) groups excluding carboxylic acids is 1. The third-order valence-electron chi connectivity index (χ3n) is 2.26. The van der Waals surface area contributed by atoms with Crippen molar-refractivity contribution in [3.05, 3.63) is 11.8 Å². The highest BCUT2D eigenvalue weighted by Crippen LogP contribution is 2.11. The number of nitrogen functional groups attached to an aromatic ring is 1. The minimum absolute atomic E-state index is 0.00359. The lowest BCUT2D eigenvalue weighted by molar-refractivity contribution is -0.122. The first kappa shape index (κ1) is 15.2. The highest BCUT2D eigenvalue weighted by molar-refractivity contribution is 5.77. The molecule has 7 heteroatoms. The zero-order chi connectivity index (χ0) is 14.5. The summed E-state index contributed by atoms with van der Waals surface area (Å²) in [6.07, 6.45) is 2.05. The van der Waals surface area contributed by atoms with Gasteiger partial charge in [-0.3, -0.25) is 10.2 Å². The Hall–Kier alpha value is -1.89. The Kier molecular flexibility index (Phi) is 5.05. The van der Waals surface area contributed by atoms with E-state index in [9.17, 15) is 4.79 Å². The number of nitrogens with one attached hydrogen (secondary N) is 3. The average molecular weight is 266 g/mol. The molecule has 0 spiro atoms. The highest BCUT2D eigenvalue weighted by Gasteiger charge is 2.13. The first-order chi connectivity index (χ1) is 8.81. The van der Waals surface area contributed by atoms with E-state index in [1.54, 1.807) is 6.20 Å². The minimum atomic E-state index is -0.210. The van der Waals surface area contributed by atoms with Crippen LogP contribution >= 0.6 is 0 Å². The standard InChI is InChI=1S/C12H22N6O/c1-8-7-15-11(18-13)16-10(8)14-6-5-9(19)17-12(2,3)4/h7H,5-6,13H2,1-4H3,(H,17,19)(H2,14,15,16,18). The molecule has 0 atom stereocenters. The number of aryl methyl sites for hydroxylation is 1. The Morgan fingerprint density at radius 1 is 1.42 bits per heavy atom. The van der Waals surface area contributed by atoms with Gasteiger partial charge in [0, 0.05) is 30.3 Å². The van der Waals surface area contributed by atoms with Gasteiger partial charge < -0.3 is 10.6 Å². The molecule has 0 aromatic carbocycles. The number of carbonyl (C=O) groups is 1. The van der Waals surface area contributed by atoms with Crippen molar-refractivity contribution < 1.29 is 4.79 Å². The fraction of sp³-hybridized carbons (Fsp3) is 0.583. The molecular weight excluding hydrogens is 244 g/mol. The number of aromatic nitrogens is 2. The van der Waals surface area contributed by atoms with Crippen LogP contribution in [0.2, 0.25) is 0 Å². The molecule has 0 saturated heterocycles. The Morgan fingerprint density at radius 3 is 2.68 bits per heavy atom. The van der Waals surface area contributed by atoms with Crippen molar-refractivity contribution in [2.24, 2.45) is 5.84 Å². The Labute approximate surface area is 113 Å². The van der Waals surface area contributed by atoms with Crippen LogP contribution in [0, 0.1) is 6.92 Å². The van der Waals surface area contributed by atoms with Gasteiger partial charge in [-0.1, -0.05) is 0 Å². The summed E-state index contributed by atoms with van der Waals surface area (Å²) in [5, 5.41) is 6.00. The second kappa shape index (κ2) is 6.33. The van der Waals surface area contributed by atoms with Crippen LogP contribution in [-0.4, -0.2) is 28.0 Å². The van der Waals surface area contributed by atoms with Crippen LogP contribution in [0.25, 0.3) is 0 Å². The number of nitrogens with two attached hydrogens (primary N) is 1. The van der Waals surface area contributed by atoms with E-state index >= 15 is 0 Å². The maximum absolute atomic E-state index is 11.6. The van der Waals surface area contributed by atoms with Crippen molar-refractivity contribution in [2.45, 2.75) is 39.7 Å². The molecule has 5 N–H and O–H groups in total. The SMILES string of the molecule is Cc1cnc(NN)nc1NCCC(=O)NC(C)(C)C. The molecule has 1 aromatic heterocycles. The number of rotatable bonds is 5. The van der Waals surface area contributed by atoms with Gasteiger partial charge >= 0.3 is 0 Å². The van der Waals surface area contributed by atoms with Gasteiger partial charge in [0.15, 0.2) is 0 Å². The van der Waals surface area contributed by atoms with Gasteiger partial charge in [0.2, 0.25) is 11.9 Å². The molecule has 0 aliphatic rings. The Morgan fingerprint density at radius 2 is 2.11 bits per heavy atom. The van der Waals surface area contributed by atoms with E-state index in [0.29, 0.717) is 24.7 Å². The summed E-state index contributed by atoms with van der Waals surface area (Å²) in [7, 11) is 0. The molecule has 0 unspecified atom stereocenters. The number of hydrazine groups is 1. The van der Waals surface area contributed by atoms with Gasteiger partial charge in [0.1, 0.15) is 5.82 Å². The topological polar surface area (TPSA) is 105 Å².